The Balaban J connectivity index is 2.12. The van der Waals surface area contributed by atoms with Crippen LogP contribution in [0.1, 0.15) is 11.7 Å². The number of halogens is 2. The van der Waals surface area contributed by atoms with Crippen molar-refractivity contribution in [1.29, 1.82) is 0 Å². The summed E-state index contributed by atoms with van der Waals surface area (Å²) >= 11 is 3.08. The molecule has 1 fully saturated rings. The fourth-order valence-electron chi connectivity index (χ4n) is 1.60. The highest BCUT2D eigenvalue weighted by Gasteiger charge is 2.24. The number of aliphatic hydroxyl groups excluding tert-OH is 1. The zero-order chi connectivity index (χ0) is 11.5. The van der Waals surface area contributed by atoms with Crippen LogP contribution in [0.4, 0.5) is 4.39 Å². The maximum absolute atomic E-state index is 13.0. The lowest BCUT2D eigenvalue weighted by molar-refractivity contribution is -0.133. The Morgan fingerprint density at radius 3 is 2.88 bits per heavy atom. The van der Waals surface area contributed by atoms with Gasteiger partial charge in [0.05, 0.1) is 24.3 Å². The third-order valence-corrected chi connectivity index (χ3v) is 3.09. The monoisotopic (exact) mass is 290 g/mol. The van der Waals surface area contributed by atoms with Gasteiger partial charge >= 0.3 is 0 Å². The molecule has 88 valence electrons. The SMILES string of the molecule is OC(c1ccc(F)c(Br)c1)C1COCCO1. The molecule has 0 aromatic heterocycles. The van der Waals surface area contributed by atoms with Crippen molar-refractivity contribution >= 4 is 15.9 Å². The number of benzene rings is 1. The van der Waals surface area contributed by atoms with E-state index in [1.165, 1.54) is 6.07 Å². The number of hydrogen-bond acceptors (Lipinski definition) is 3. The third kappa shape index (κ3) is 2.60. The van der Waals surface area contributed by atoms with Gasteiger partial charge in [-0.25, -0.2) is 4.39 Å². The fourth-order valence-corrected chi connectivity index (χ4v) is 2.00. The van der Waals surface area contributed by atoms with E-state index < -0.39 is 6.10 Å². The van der Waals surface area contributed by atoms with Gasteiger partial charge < -0.3 is 14.6 Å². The number of aliphatic hydroxyl groups is 1. The van der Waals surface area contributed by atoms with Crippen LogP contribution < -0.4 is 0 Å². The molecular formula is C11H12BrFO3. The van der Waals surface area contributed by atoms with Crippen molar-refractivity contribution in [2.45, 2.75) is 12.2 Å². The normalized spacial score (nSPS) is 23.1. The molecular weight excluding hydrogens is 279 g/mol. The lowest BCUT2D eigenvalue weighted by atomic mass is 10.0. The van der Waals surface area contributed by atoms with Gasteiger partial charge in [0.2, 0.25) is 0 Å². The van der Waals surface area contributed by atoms with Crippen molar-refractivity contribution in [3.63, 3.8) is 0 Å². The molecule has 2 atom stereocenters. The largest absolute Gasteiger partial charge is 0.386 e. The van der Waals surface area contributed by atoms with Gasteiger partial charge in [0.1, 0.15) is 18.0 Å². The molecule has 1 heterocycles. The van der Waals surface area contributed by atoms with Crippen LogP contribution in [0.15, 0.2) is 22.7 Å². The molecule has 1 aliphatic rings. The molecule has 1 saturated heterocycles. The van der Waals surface area contributed by atoms with Crippen LogP contribution in [0.2, 0.25) is 0 Å². The predicted octanol–water partition coefficient (Wildman–Crippen LogP) is 2.04. The summed E-state index contributed by atoms with van der Waals surface area (Å²) < 4.78 is 23.9. The Bertz CT molecular complexity index is 366. The Kier molecular flexibility index (Phi) is 3.91. The average Bonchev–Trinajstić information content (AvgIpc) is 2.33. The molecule has 2 unspecified atom stereocenters. The molecule has 0 bridgehead atoms. The van der Waals surface area contributed by atoms with Gasteiger partial charge in [-0.15, -0.1) is 0 Å². The lowest BCUT2D eigenvalue weighted by Crippen LogP contribution is -2.33. The van der Waals surface area contributed by atoms with Crippen LogP contribution >= 0.6 is 15.9 Å². The van der Waals surface area contributed by atoms with Gasteiger partial charge in [-0.1, -0.05) is 6.07 Å². The summed E-state index contributed by atoms with van der Waals surface area (Å²) in [7, 11) is 0. The number of ether oxygens (including phenoxy) is 2. The van der Waals surface area contributed by atoms with Crippen LogP contribution in [0.5, 0.6) is 0 Å². The first kappa shape index (κ1) is 12.0. The van der Waals surface area contributed by atoms with Crippen LogP contribution in [0.25, 0.3) is 0 Å². The fraction of sp³-hybridized carbons (Fsp3) is 0.455. The summed E-state index contributed by atoms with van der Waals surface area (Å²) in [6, 6.07) is 4.41. The highest BCUT2D eigenvalue weighted by atomic mass is 79.9. The molecule has 1 aromatic rings. The molecule has 2 rings (SSSR count). The van der Waals surface area contributed by atoms with Crippen molar-refractivity contribution < 1.29 is 19.0 Å². The second-order valence-corrected chi connectivity index (χ2v) is 4.46. The predicted molar refractivity (Wildman–Crippen MR) is 59.6 cm³/mol. The Hall–Kier alpha value is -0.490. The van der Waals surface area contributed by atoms with E-state index in [-0.39, 0.29) is 11.9 Å². The van der Waals surface area contributed by atoms with Gasteiger partial charge in [-0.05, 0) is 33.6 Å². The van der Waals surface area contributed by atoms with Crippen LogP contribution in [-0.2, 0) is 9.47 Å². The van der Waals surface area contributed by atoms with Gasteiger partial charge in [-0.3, -0.25) is 0 Å². The summed E-state index contributed by atoms with van der Waals surface area (Å²) in [5.41, 5.74) is 0.615. The standard InChI is InChI=1S/C11H12BrFO3/c12-8-5-7(1-2-9(8)13)11(14)10-6-15-3-4-16-10/h1-2,5,10-11,14H,3-4,6H2. The summed E-state index contributed by atoms with van der Waals surface area (Å²) in [5, 5.41) is 10.0. The molecule has 1 aliphatic heterocycles. The molecule has 5 heteroatoms. The Morgan fingerprint density at radius 1 is 1.44 bits per heavy atom. The molecule has 0 radical (unpaired) electrons. The van der Waals surface area contributed by atoms with E-state index in [2.05, 4.69) is 15.9 Å². The summed E-state index contributed by atoms with van der Waals surface area (Å²) in [6.07, 6.45) is -1.18. The molecule has 1 N–H and O–H groups in total. The number of hydrogen-bond donors (Lipinski definition) is 1. The number of rotatable bonds is 2. The maximum Gasteiger partial charge on any atom is 0.137 e. The summed E-state index contributed by atoms with van der Waals surface area (Å²) in [6.45, 7) is 1.39. The highest BCUT2D eigenvalue weighted by Crippen LogP contribution is 2.25. The minimum absolute atomic E-state index is 0.334. The minimum atomic E-state index is -0.794. The molecule has 16 heavy (non-hydrogen) atoms. The topological polar surface area (TPSA) is 38.7 Å². The van der Waals surface area contributed by atoms with E-state index >= 15 is 0 Å². The van der Waals surface area contributed by atoms with E-state index in [1.54, 1.807) is 12.1 Å². The Labute approximate surface area is 101 Å². The van der Waals surface area contributed by atoms with E-state index in [0.29, 0.717) is 29.9 Å². The zero-order valence-electron chi connectivity index (χ0n) is 8.53. The van der Waals surface area contributed by atoms with Gasteiger partial charge in [0.15, 0.2) is 0 Å². The highest BCUT2D eigenvalue weighted by molar-refractivity contribution is 9.10. The molecule has 1 aromatic carbocycles. The molecule has 0 spiro atoms. The van der Waals surface area contributed by atoms with Gasteiger partial charge in [0.25, 0.3) is 0 Å². The summed E-state index contributed by atoms with van der Waals surface area (Å²) in [5.74, 6) is -0.350. The van der Waals surface area contributed by atoms with Crippen molar-refractivity contribution in [1.82, 2.24) is 0 Å². The van der Waals surface area contributed by atoms with Crippen LogP contribution in [0.3, 0.4) is 0 Å². The average molecular weight is 291 g/mol. The first-order valence-corrected chi connectivity index (χ1v) is 5.80. The van der Waals surface area contributed by atoms with Crippen LogP contribution in [0, 0.1) is 5.82 Å². The smallest absolute Gasteiger partial charge is 0.137 e. The second kappa shape index (κ2) is 5.23. The van der Waals surface area contributed by atoms with Crippen molar-refractivity contribution in [2.24, 2.45) is 0 Å². The summed E-state index contributed by atoms with van der Waals surface area (Å²) in [4.78, 5) is 0. The van der Waals surface area contributed by atoms with Crippen molar-refractivity contribution in [2.75, 3.05) is 19.8 Å². The molecule has 0 saturated carbocycles. The van der Waals surface area contributed by atoms with E-state index in [4.69, 9.17) is 9.47 Å². The lowest BCUT2D eigenvalue weighted by Gasteiger charge is -2.27. The van der Waals surface area contributed by atoms with Gasteiger partial charge in [-0.2, -0.15) is 0 Å². The van der Waals surface area contributed by atoms with Crippen molar-refractivity contribution in [3.8, 4) is 0 Å². The third-order valence-electron chi connectivity index (χ3n) is 2.48. The van der Waals surface area contributed by atoms with E-state index in [1.807, 2.05) is 0 Å². The molecule has 3 nitrogen and oxygen atoms in total. The second-order valence-electron chi connectivity index (χ2n) is 3.60. The van der Waals surface area contributed by atoms with Crippen molar-refractivity contribution in [3.05, 3.63) is 34.1 Å². The minimum Gasteiger partial charge on any atom is -0.386 e. The molecule has 0 aliphatic carbocycles. The first-order chi connectivity index (χ1) is 7.68. The van der Waals surface area contributed by atoms with E-state index in [9.17, 15) is 9.50 Å². The van der Waals surface area contributed by atoms with E-state index in [0.717, 1.165) is 0 Å². The zero-order valence-corrected chi connectivity index (χ0v) is 10.1. The molecule has 0 amide bonds. The maximum atomic E-state index is 13.0. The van der Waals surface area contributed by atoms with Crippen LogP contribution in [-0.4, -0.2) is 31.0 Å². The quantitative estimate of drug-likeness (QED) is 0.906. The van der Waals surface area contributed by atoms with Gasteiger partial charge in [0, 0.05) is 0 Å². The first-order valence-electron chi connectivity index (χ1n) is 5.01. The Morgan fingerprint density at radius 2 is 2.25 bits per heavy atom.